The van der Waals surface area contributed by atoms with Gasteiger partial charge in [0.05, 0.1) is 46.2 Å². The summed E-state index contributed by atoms with van der Waals surface area (Å²) in [5.41, 5.74) is 5.18. The smallest absolute Gasteiger partial charge is 0.254 e. The highest BCUT2D eigenvalue weighted by atomic mass is 33.1. The van der Waals surface area contributed by atoms with E-state index in [1.807, 2.05) is 0 Å². The molecule has 15 nitrogen and oxygen atoms in total. The Balaban J connectivity index is 0.666. The summed E-state index contributed by atoms with van der Waals surface area (Å²) in [5.74, 6) is 0.0680. The number of rotatable bonds is 30. The van der Waals surface area contributed by atoms with E-state index in [1.54, 1.807) is 21.6 Å². The number of hydroxylamine groups is 2. The van der Waals surface area contributed by atoms with E-state index in [0.29, 0.717) is 71.9 Å². The molecule has 3 fully saturated rings. The van der Waals surface area contributed by atoms with Crippen LogP contribution in [0.1, 0.15) is 63.0 Å². The maximum Gasteiger partial charge on any atom is 0.254 e. The number of nitrogens with zero attached hydrogens (tertiary/aromatic N) is 1. The Hall–Kier alpha value is -2.20. The van der Waals surface area contributed by atoms with Crippen molar-refractivity contribution in [1.29, 1.82) is 0 Å². The second kappa shape index (κ2) is 22.2. The van der Waals surface area contributed by atoms with Gasteiger partial charge >= 0.3 is 0 Å². The number of benzene rings is 2. The molecule has 310 valence electrons. The molecule has 1 aliphatic carbocycles. The maximum absolute atomic E-state index is 11.6. The molecule has 0 bridgehead atoms. The topological polar surface area (TPSA) is 171 Å². The fraction of sp³-hybridized carbons (Fsp3) is 0.641. The minimum absolute atomic E-state index is 0.0648. The second-order valence-corrected chi connectivity index (χ2v) is 17.2. The number of carbonyl (C=O) groups is 2. The molecule has 2 aromatic carbocycles. The van der Waals surface area contributed by atoms with Gasteiger partial charge < -0.3 is 43.0 Å². The Morgan fingerprint density at radius 3 is 2.21 bits per heavy atom. The summed E-state index contributed by atoms with van der Waals surface area (Å²) in [7, 11) is 3.36. The van der Waals surface area contributed by atoms with Crippen LogP contribution in [0.2, 0.25) is 0 Å². The molecule has 56 heavy (non-hydrogen) atoms. The normalized spacial score (nSPS) is 22.2. The number of hydrogen-bond donors (Lipinski definition) is 3. The number of imide groups is 1. The third-order valence-electron chi connectivity index (χ3n) is 9.36. The number of amides is 2. The van der Waals surface area contributed by atoms with Gasteiger partial charge in [0.15, 0.2) is 12.5 Å². The van der Waals surface area contributed by atoms with Crippen LogP contribution in [-0.2, 0) is 52.3 Å². The fourth-order valence-electron chi connectivity index (χ4n) is 6.21. The van der Waals surface area contributed by atoms with Gasteiger partial charge in [-0.25, -0.2) is 4.84 Å². The summed E-state index contributed by atoms with van der Waals surface area (Å²) in [6.45, 7) is 9.30. The Morgan fingerprint density at radius 1 is 0.804 bits per heavy atom. The Bertz CT molecular complexity index is 1480. The summed E-state index contributed by atoms with van der Waals surface area (Å²) >= 11 is 0. The van der Waals surface area contributed by atoms with Crippen LogP contribution in [0.5, 0.6) is 0 Å². The van der Waals surface area contributed by atoms with Crippen molar-refractivity contribution >= 4 is 33.4 Å². The minimum Gasteiger partial charge on any atom is -0.378 e. The molecule has 0 aromatic heterocycles. The van der Waals surface area contributed by atoms with Crippen molar-refractivity contribution in [3.05, 3.63) is 59.7 Å². The van der Waals surface area contributed by atoms with Crippen LogP contribution >= 0.6 is 21.6 Å². The zero-order chi connectivity index (χ0) is 39.2. The zero-order valence-electron chi connectivity index (χ0n) is 32.1. The van der Waals surface area contributed by atoms with Crippen LogP contribution in [0.15, 0.2) is 48.5 Å². The van der Waals surface area contributed by atoms with Crippen LogP contribution in [0.4, 0.5) is 0 Å². The molecule has 2 amide bonds. The van der Waals surface area contributed by atoms with Crippen molar-refractivity contribution in [2.45, 2.75) is 88.1 Å². The molecule has 5 atom stereocenters. The Labute approximate surface area is 336 Å². The van der Waals surface area contributed by atoms with E-state index in [9.17, 15) is 14.7 Å². The second-order valence-electron chi connectivity index (χ2n) is 14.2. The summed E-state index contributed by atoms with van der Waals surface area (Å²) in [4.78, 5) is 28.4. The number of epoxide rings is 2. The largest absolute Gasteiger partial charge is 0.378 e. The van der Waals surface area contributed by atoms with Crippen molar-refractivity contribution < 1.29 is 57.4 Å². The predicted molar refractivity (Wildman–Crippen MR) is 209 cm³/mol. The van der Waals surface area contributed by atoms with Crippen LogP contribution in [-0.4, -0.2) is 130 Å². The molecular weight excluding hydrogens is 767 g/mol. The first kappa shape index (κ1) is 43.4. The van der Waals surface area contributed by atoms with Crippen LogP contribution in [0.25, 0.3) is 11.1 Å². The van der Waals surface area contributed by atoms with Gasteiger partial charge in [-0.1, -0.05) is 70.1 Å². The van der Waals surface area contributed by atoms with Crippen molar-refractivity contribution in [3.63, 3.8) is 0 Å². The van der Waals surface area contributed by atoms with Gasteiger partial charge in [0.2, 0.25) is 19.0 Å². The van der Waals surface area contributed by atoms with Crippen LogP contribution < -0.4 is 10.6 Å². The van der Waals surface area contributed by atoms with Crippen LogP contribution in [0, 0.1) is 0 Å². The number of fused-ring (bicyclic) bond motifs is 3. The number of aliphatic hydroxyl groups is 1. The first-order chi connectivity index (χ1) is 27.3. The highest BCUT2D eigenvalue weighted by Crippen LogP contribution is 2.45. The molecule has 3 N–H and O–H groups in total. The fourth-order valence-corrected chi connectivity index (χ4v) is 8.48. The van der Waals surface area contributed by atoms with Gasteiger partial charge in [-0.2, -0.15) is 5.06 Å². The standard InChI is InChI=1S/C39H55N3O12S2/c1-39(2,56-55-26-48-18-7-8-19-49-36-37(53-36)54-42-32(43)13-14-33(42)44)15-20-50-38(45)41-17-22-47-24-23-46-21-16-40-34-35(52-34)51-25-31-29-11-5-3-9-27(29)28-10-4-6-12-30(28)31/h3-6,9-12,31,34-38,40-41,45H,7-8,13-26H2,1-2H3. The number of carbonyl (C=O) groups excluding carboxylic acids is 2. The number of hydrogen-bond acceptors (Lipinski definition) is 16. The number of nitrogens with one attached hydrogen (secondary N) is 2. The lowest BCUT2D eigenvalue weighted by Crippen LogP contribution is -2.35. The van der Waals surface area contributed by atoms with Crippen molar-refractivity contribution in [3.8, 4) is 11.1 Å². The quantitative estimate of drug-likeness (QED) is 0.0338. The summed E-state index contributed by atoms with van der Waals surface area (Å²) < 4.78 is 44.9. The average Bonchev–Trinajstić information content (AvgIpc) is 4.08. The van der Waals surface area contributed by atoms with Crippen molar-refractivity contribution in [2.24, 2.45) is 0 Å². The monoisotopic (exact) mass is 821 g/mol. The number of aliphatic hydroxyl groups excluding tert-OH is 1. The van der Waals surface area contributed by atoms with Gasteiger partial charge in [-0.05, 0) is 55.4 Å². The summed E-state index contributed by atoms with van der Waals surface area (Å²) in [6, 6.07) is 17.1. The lowest BCUT2D eigenvalue weighted by atomic mass is 9.98. The predicted octanol–water partition coefficient (Wildman–Crippen LogP) is 4.09. The molecule has 5 unspecified atom stereocenters. The number of unbranched alkanes of at least 4 members (excludes halogenated alkanes) is 1. The molecule has 0 saturated carbocycles. The number of ether oxygens (including phenoxy) is 8. The molecule has 3 aliphatic heterocycles. The van der Waals surface area contributed by atoms with E-state index in [1.165, 1.54) is 22.3 Å². The molecule has 17 heteroatoms. The highest BCUT2D eigenvalue weighted by molar-refractivity contribution is 8.77. The lowest BCUT2D eigenvalue weighted by molar-refractivity contribution is -0.201. The first-order valence-corrected chi connectivity index (χ1v) is 21.7. The maximum atomic E-state index is 11.6. The average molecular weight is 822 g/mol. The van der Waals surface area contributed by atoms with Crippen molar-refractivity contribution in [2.75, 3.05) is 71.9 Å². The van der Waals surface area contributed by atoms with Gasteiger partial charge in [0, 0.05) is 43.2 Å². The SMILES string of the molecule is CC(C)(CCOC(O)NCCOCCOCCNC1OC1OCC1c2ccccc2-c2ccccc21)SSCOCCCCOC1OC1ON1C(=O)CCC1=O. The van der Waals surface area contributed by atoms with E-state index in [2.05, 4.69) is 73.0 Å². The van der Waals surface area contributed by atoms with Gasteiger partial charge in [-0.15, -0.1) is 0 Å². The molecule has 3 saturated heterocycles. The molecule has 0 radical (unpaired) electrons. The summed E-state index contributed by atoms with van der Waals surface area (Å²) in [6.07, 6.45) is 0.0100. The Morgan fingerprint density at radius 2 is 1.48 bits per heavy atom. The lowest BCUT2D eigenvalue weighted by Gasteiger charge is -2.24. The van der Waals surface area contributed by atoms with E-state index >= 15 is 0 Å². The minimum atomic E-state index is -1.06. The van der Waals surface area contributed by atoms with E-state index in [-0.39, 0.29) is 47.8 Å². The molecule has 4 aliphatic rings. The first-order valence-electron chi connectivity index (χ1n) is 19.3. The third kappa shape index (κ3) is 13.7. The molecule has 6 rings (SSSR count). The van der Waals surface area contributed by atoms with Gasteiger partial charge in [-0.3, -0.25) is 20.2 Å². The molecule has 3 heterocycles. The molecule has 2 aromatic rings. The molecule has 0 spiro atoms. The van der Waals surface area contributed by atoms with Crippen LogP contribution in [0.3, 0.4) is 0 Å². The summed E-state index contributed by atoms with van der Waals surface area (Å²) in [5, 5.41) is 17.1. The zero-order valence-corrected chi connectivity index (χ0v) is 33.7. The van der Waals surface area contributed by atoms with Gasteiger partial charge in [0.25, 0.3) is 11.8 Å². The Kier molecular flexibility index (Phi) is 17.2. The van der Waals surface area contributed by atoms with Crippen molar-refractivity contribution in [1.82, 2.24) is 15.7 Å². The molecular formula is C39H55N3O12S2. The van der Waals surface area contributed by atoms with E-state index in [0.717, 1.165) is 24.3 Å². The highest BCUT2D eigenvalue weighted by Gasteiger charge is 2.47. The van der Waals surface area contributed by atoms with E-state index in [4.69, 9.17) is 42.7 Å². The van der Waals surface area contributed by atoms with E-state index < -0.39 is 19.0 Å². The third-order valence-corrected chi connectivity index (χ3v) is 12.4. The van der Waals surface area contributed by atoms with Gasteiger partial charge in [0.1, 0.15) is 5.94 Å².